The van der Waals surface area contributed by atoms with Crippen molar-refractivity contribution in [2.45, 2.75) is 83.5 Å². The van der Waals surface area contributed by atoms with Crippen molar-refractivity contribution >= 4 is 16.7 Å². The van der Waals surface area contributed by atoms with E-state index in [0.29, 0.717) is 28.9 Å². The molecule has 0 amide bonds. The van der Waals surface area contributed by atoms with Gasteiger partial charge < -0.3 is 27.2 Å². The van der Waals surface area contributed by atoms with E-state index in [1.165, 1.54) is 50.7 Å². The molecule has 1 aromatic carbocycles. The van der Waals surface area contributed by atoms with Crippen molar-refractivity contribution in [1.29, 1.82) is 0 Å². The third kappa shape index (κ3) is 8.33. The Bertz CT molecular complexity index is 778. The highest BCUT2D eigenvalue weighted by Crippen LogP contribution is 2.24. The third-order valence-corrected chi connectivity index (χ3v) is 5.77. The lowest BCUT2D eigenvalue weighted by molar-refractivity contribution is 0.318. The summed E-state index contributed by atoms with van der Waals surface area (Å²) in [6.45, 7) is 4.95. The molecule has 7 heteroatoms. The Labute approximate surface area is 186 Å². The fourth-order valence-corrected chi connectivity index (χ4v) is 4.11. The lowest BCUT2D eigenvalue weighted by Crippen LogP contribution is -2.38. The molecule has 1 aliphatic rings. The number of hydrogen-bond donors (Lipinski definition) is 5. The fraction of sp³-hybridized carbons (Fsp3) is 0.625. The van der Waals surface area contributed by atoms with Gasteiger partial charge in [-0.05, 0) is 56.9 Å². The highest BCUT2D eigenvalue weighted by atomic mass is 19.1. The van der Waals surface area contributed by atoms with Crippen molar-refractivity contribution < 1.29 is 9.50 Å². The molecule has 1 unspecified atom stereocenters. The van der Waals surface area contributed by atoms with Gasteiger partial charge in [-0.25, -0.2) is 9.37 Å². The van der Waals surface area contributed by atoms with E-state index in [0.717, 1.165) is 24.9 Å². The zero-order chi connectivity index (χ0) is 22.6. The van der Waals surface area contributed by atoms with E-state index in [4.69, 9.17) is 16.6 Å². The largest absolute Gasteiger partial charge is 0.397 e. The topological polar surface area (TPSA) is 109 Å². The van der Waals surface area contributed by atoms with Crippen molar-refractivity contribution in [1.82, 2.24) is 10.3 Å². The van der Waals surface area contributed by atoms with Crippen molar-refractivity contribution in [3.8, 4) is 0 Å². The number of nitrogens with zero attached hydrogens (tertiary/aromatic N) is 1. The first-order valence-electron chi connectivity index (χ1n) is 11.7. The number of nitrogens with two attached hydrogens (primary N) is 2. The van der Waals surface area contributed by atoms with Crippen LogP contribution < -0.4 is 22.1 Å². The summed E-state index contributed by atoms with van der Waals surface area (Å²) in [5.74, 6) is 0.403. The second-order valence-corrected chi connectivity index (χ2v) is 8.28. The highest BCUT2D eigenvalue weighted by Gasteiger charge is 2.17. The number of pyridine rings is 1. The molecule has 1 aliphatic carbocycles. The summed E-state index contributed by atoms with van der Waals surface area (Å²) in [6.07, 6.45) is 9.46. The van der Waals surface area contributed by atoms with Gasteiger partial charge in [-0.2, -0.15) is 0 Å². The Hall–Kier alpha value is -1.80. The molecule has 1 fully saturated rings. The van der Waals surface area contributed by atoms with Gasteiger partial charge in [0, 0.05) is 36.2 Å². The van der Waals surface area contributed by atoms with E-state index in [9.17, 15) is 4.39 Å². The van der Waals surface area contributed by atoms with Gasteiger partial charge in [-0.3, -0.25) is 0 Å². The average Bonchev–Trinajstić information content (AvgIpc) is 3.01. The van der Waals surface area contributed by atoms with E-state index >= 15 is 0 Å². The van der Waals surface area contributed by atoms with Gasteiger partial charge in [0.25, 0.3) is 0 Å². The first kappa shape index (κ1) is 25.5. The number of fused-ring (bicyclic) bond motifs is 1. The van der Waals surface area contributed by atoms with Gasteiger partial charge in [-0.1, -0.05) is 32.6 Å². The molecule has 1 aromatic heterocycles. The van der Waals surface area contributed by atoms with Gasteiger partial charge in [0.05, 0.1) is 11.7 Å². The number of aromatic nitrogens is 1. The standard InChI is InChI=1S/C22H34FN5.C2H6O/c1-2-17(27-18-7-5-3-4-6-8-18)11-12-26-22-19(21(24)25)14-15-13-16(23)9-10-20(15)28-22;1-2-3/h9-10,13-14,17-18,21,27H,2-8,11-12,24-25H2,1H3,(H,26,28);3H,2H2,1H3. The number of rotatable bonds is 8. The smallest absolute Gasteiger partial charge is 0.132 e. The van der Waals surface area contributed by atoms with Crippen LogP contribution in [0.4, 0.5) is 10.2 Å². The van der Waals surface area contributed by atoms with Crippen LogP contribution in [-0.4, -0.2) is 35.3 Å². The minimum absolute atomic E-state index is 0.250. The first-order valence-corrected chi connectivity index (χ1v) is 11.7. The number of nitrogens with one attached hydrogen (secondary N) is 2. The van der Waals surface area contributed by atoms with Gasteiger partial charge >= 0.3 is 0 Å². The summed E-state index contributed by atoms with van der Waals surface area (Å²) in [6, 6.07) is 7.53. The van der Waals surface area contributed by atoms with Crippen molar-refractivity contribution in [3.05, 3.63) is 35.6 Å². The van der Waals surface area contributed by atoms with Crippen LogP contribution in [0.25, 0.3) is 10.9 Å². The minimum Gasteiger partial charge on any atom is -0.397 e. The van der Waals surface area contributed by atoms with Crippen LogP contribution in [0, 0.1) is 5.82 Å². The monoisotopic (exact) mass is 433 g/mol. The number of anilines is 1. The molecule has 1 atom stereocenters. The molecule has 6 nitrogen and oxygen atoms in total. The lowest BCUT2D eigenvalue weighted by Gasteiger charge is -2.24. The third-order valence-electron chi connectivity index (χ3n) is 5.77. The van der Waals surface area contributed by atoms with E-state index in [1.54, 1.807) is 13.0 Å². The molecule has 1 saturated carbocycles. The maximum atomic E-state index is 13.5. The zero-order valence-corrected chi connectivity index (χ0v) is 19.0. The van der Waals surface area contributed by atoms with Crippen molar-refractivity contribution in [3.63, 3.8) is 0 Å². The predicted molar refractivity (Wildman–Crippen MR) is 127 cm³/mol. The fourth-order valence-electron chi connectivity index (χ4n) is 4.11. The average molecular weight is 434 g/mol. The van der Waals surface area contributed by atoms with E-state index in [-0.39, 0.29) is 12.4 Å². The number of aliphatic hydroxyl groups is 1. The number of hydrogen-bond acceptors (Lipinski definition) is 6. The SMILES string of the molecule is CCC(CCNc1nc2ccc(F)cc2cc1C(N)N)NC1CCCCCC1.CCO. The molecule has 0 spiro atoms. The summed E-state index contributed by atoms with van der Waals surface area (Å²) >= 11 is 0. The molecule has 2 aromatic rings. The molecule has 0 saturated heterocycles. The molecule has 3 rings (SSSR count). The molecule has 31 heavy (non-hydrogen) atoms. The summed E-state index contributed by atoms with van der Waals surface area (Å²) in [5.41, 5.74) is 13.3. The normalized spacial score (nSPS) is 16.0. The Morgan fingerprint density at radius 2 is 1.81 bits per heavy atom. The summed E-state index contributed by atoms with van der Waals surface area (Å²) in [5, 5.41) is 15.5. The maximum Gasteiger partial charge on any atom is 0.132 e. The molecule has 0 bridgehead atoms. The van der Waals surface area contributed by atoms with Gasteiger partial charge in [-0.15, -0.1) is 0 Å². The summed E-state index contributed by atoms with van der Waals surface area (Å²) in [7, 11) is 0. The lowest BCUT2D eigenvalue weighted by atomic mass is 10.0. The van der Waals surface area contributed by atoms with Crippen LogP contribution in [0.5, 0.6) is 0 Å². The Morgan fingerprint density at radius 3 is 2.42 bits per heavy atom. The zero-order valence-electron chi connectivity index (χ0n) is 19.0. The Kier molecular flexibility index (Phi) is 11.2. The Morgan fingerprint density at radius 1 is 1.13 bits per heavy atom. The van der Waals surface area contributed by atoms with Crippen LogP contribution in [-0.2, 0) is 0 Å². The van der Waals surface area contributed by atoms with Crippen LogP contribution in [0.2, 0.25) is 0 Å². The molecule has 0 radical (unpaired) electrons. The van der Waals surface area contributed by atoms with Crippen LogP contribution >= 0.6 is 0 Å². The highest BCUT2D eigenvalue weighted by molar-refractivity contribution is 5.82. The van der Waals surface area contributed by atoms with Gasteiger partial charge in [0.15, 0.2) is 0 Å². The van der Waals surface area contributed by atoms with Gasteiger partial charge in [0.1, 0.15) is 11.6 Å². The maximum absolute atomic E-state index is 13.5. The molecule has 174 valence electrons. The molecular formula is C24H40FN5O. The van der Waals surface area contributed by atoms with Crippen molar-refractivity contribution in [2.75, 3.05) is 18.5 Å². The molecule has 0 aliphatic heterocycles. The molecular weight excluding hydrogens is 393 g/mol. The predicted octanol–water partition coefficient (Wildman–Crippen LogP) is 4.18. The number of benzene rings is 1. The second kappa shape index (κ2) is 13.6. The number of aliphatic hydroxyl groups excluding tert-OH is 1. The minimum atomic E-state index is -0.659. The van der Waals surface area contributed by atoms with Crippen LogP contribution in [0.3, 0.4) is 0 Å². The van der Waals surface area contributed by atoms with E-state index in [2.05, 4.69) is 22.5 Å². The Balaban J connectivity index is 0.00000107. The van der Waals surface area contributed by atoms with Crippen molar-refractivity contribution in [2.24, 2.45) is 11.5 Å². The van der Waals surface area contributed by atoms with E-state index in [1.807, 2.05) is 6.07 Å². The van der Waals surface area contributed by atoms with Crippen LogP contribution in [0.1, 0.15) is 76.9 Å². The quantitative estimate of drug-likeness (QED) is 0.316. The van der Waals surface area contributed by atoms with Crippen LogP contribution in [0.15, 0.2) is 24.3 Å². The summed E-state index contributed by atoms with van der Waals surface area (Å²) < 4.78 is 13.5. The van der Waals surface area contributed by atoms with Gasteiger partial charge in [0.2, 0.25) is 0 Å². The molecule has 7 N–H and O–H groups in total. The summed E-state index contributed by atoms with van der Waals surface area (Å²) in [4.78, 5) is 4.63. The van der Waals surface area contributed by atoms with E-state index < -0.39 is 6.17 Å². The first-order chi connectivity index (χ1) is 15.0. The molecule has 1 heterocycles. The number of halogens is 1. The second-order valence-electron chi connectivity index (χ2n) is 8.28.